The van der Waals surface area contributed by atoms with Gasteiger partial charge in [-0.3, -0.25) is 5.10 Å². The van der Waals surface area contributed by atoms with E-state index in [9.17, 15) is 0 Å². The van der Waals surface area contributed by atoms with Gasteiger partial charge in [-0.15, -0.1) is 0 Å². The summed E-state index contributed by atoms with van der Waals surface area (Å²) in [6.07, 6.45) is 1.83. The Bertz CT molecular complexity index is 333. The van der Waals surface area contributed by atoms with Crippen molar-refractivity contribution in [2.45, 2.75) is 20.8 Å². The van der Waals surface area contributed by atoms with Crippen molar-refractivity contribution >= 4 is 18.4 Å². The second-order valence-electron chi connectivity index (χ2n) is 2.90. The molecule has 0 aliphatic heterocycles. The van der Waals surface area contributed by atoms with Crippen molar-refractivity contribution < 1.29 is 0 Å². The van der Waals surface area contributed by atoms with Crippen LogP contribution in [0.4, 0.5) is 0 Å². The predicted octanol–water partition coefficient (Wildman–Crippen LogP) is 1.74. The van der Waals surface area contributed by atoms with Gasteiger partial charge in [0.2, 0.25) is 4.77 Å². The summed E-state index contributed by atoms with van der Waals surface area (Å²) in [5, 5.41) is 10.7. The van der Waals surface area contributed by atoms with Crippen LogP contribution < -0.4 is 0 Å². The molecule has 1 aromatic rings. The molecule has 0 unspecified atom stereocenters. The smallest absolute Gasteiger partial charge is 0.216 e. The van der Waals surface area contributed by atoms with Crippen LogP contribution in [-0.2, 0) is 0 Å². The lowest BCUT2D eigenvalue weighted by Crippen LogP contribution is -1.96. The van der Waals surface area contributed by atoms with E-state index in [0.717, 1.165) is 5.82 Å². The molecule has 0 bridgehead atoms. The average Bonchev–Trinajstić information content (AvgIpc) is 2.28. The highest BCUT2D eigenvalue weighted by molar-refractivity contribution is 7.71. The number of aromatic amines is 1. The Morgan fingerprint density at radius 3 is 2.75 bits per heavy atom. The molecule has 12 heavy (non-hydrogen) atoms. The Morgan fingerprint density at radius 1 is 1.67 bits per heavy atom. The van der Waals surface area contributed by atoms with Gasteiger partial charge in [0.25, 0.3) is 0 Å². The zero-order valence-electron chi connectivity index (χ0n) is 7.40. The van der Waals surface area contributed by atoms with Crippen LogP contribution in [0.5, 0.6) is 0 Å². The summed E-state index contributed by atoms with van der Waals surface area (Å²) in [7, 11) is 0. The average molecular weight is 184 g/mol. The molecule has 0 fully saturated rings. The highest BCUT2D eigenvalue weighted by atomic mass is 32.1. The second-order valence-corrected chi connectivity index (χ2v) is 3.28. The summed E-state index contributed by atoms with van der Waals surface area (Å²) in [6, 6.07) is 0. The normalized spacial score (nSPS) is 11.7. The number of nitrogens with zero attached hydrogens (tertiary/aromatic N) is 3. The summed E-state index contributed by atoms with van der Waals surface area (Å²) >= 11 is 4.96. The van der Waals surface area contributed by atoms with Crippen molar-refractivity contribution in [1.82, 2.24) is 14.9 Å². The van der Waals surface area contributed by atoms with Gasteiger partial charge in [-0.1, -0.05) is 13.8 Å². The summed E-state index contributed by atoms with van der Waals surface area (Å²) in [5.74, 6) is 1.19. The van der Waals surface area contributed by atoms with Crippen LogP contribution in [0, 0.1) is 17.6 Å². The van der Waals surface area contributed by atoms with Gasteiger partial charge in [0.15, 0.2) is 0 Å². The lowest BCUT2D eigenvalue weighted by atomic mass is 10.3. The van der Waals surface area contributed by atoms with E-state index in [4.69, 9.17) is 12.2 Å². The van der Waals surface area contributed by atoms with Gasteiger partial charge in [0, 0.05) is 6.21 Å². The van der Waals surface area contributed by atoms with Crippen molar-refractivity contribution in [2.24, 2.45) is 11.0 Å². The largest absolute Gasteiger partial charge is 0.250 e. The molecule has 0 amide bonds. The van der Waals surface area contributed by atoms with E-state index in [0.29, 0.717) is 10.7 Å². The SMILES string of the molecule is Cc1n[nH]c(=S)n1/N=C/C(C)C. The summed E-state index contributed by atoms with van der Waals surface area (Å²) in [5.41, 5.74) is 0. The van der Waals surface area contributed by atoms with E-state index in [1.807, 2.05) is 13.1 Å². The van der Waals surface area contributed by atoms with E-state index >= 15 is 0 Å². The first-order chi connectivity index (χ1) is 5.61. The first-order valence-corrected chi connectivity index (χ1v) is 4.20. The summed E-state index contributed by atoms with van der Waals surface area (Å²) in [4.78, 5) is 0. The topological polar surface area (TPSA) is 46.0 Å². The van der Waals surface area contributed by atoms with Crippen LogP contribution in [0.15, 0.2) is 5.10 Å². The summed E-state index contributed by atoms with van der Waals surface area (Å²) in [6.45, 7) is 5.97. The third kappa shape index (κ3) is 2.01. The molecule has 0 aliphatic rings. The Hall–Kier alpha value is -0.970. The first-order valence-electron chi connectivity index (χ1n) is 3.79. The van der Waals surface area contributed by atoms with Crippen LogP contribution in [0.3, 0.4) is 0 Å². The highest BCUT2D eigenvalue weighted by Crippen LogP contribution is 1.95. The zero-order valence-corrected chi connectivity index (χ0v) is 8.22. The molecule has 0 saturated carbocycles. The lowest BCUT2D eigenvalue weighted by Gasteiger charge is -1.95. The second kappa shape index (κ2) is 3.62. The quantitative estimate of drug-likeness (QED) is 0.562. The number of H-pyrrole nitrogens is 1. The predicted molar refractivity (Wildman–Crippen MR) is 50.9 cm³/mol. The van der Waals surface area contributed by atoms with Crippen LogP contribution >= 0.6 is 12.2 Å². The molecule has 0 saturated heterocycles. The van der Waals surface area contributed by atoms with Crippen LogP contribution in [-0.4, -0.2) is 21.1 Å². The van der Waals surface area contributed by atoms with Crippen LogP contribution in [0.1, 0.15) is 19.7 Å². The van der Waals surface area contributed by atoms with Crippen LogP contribution in [0.2, 0.25) is 0 Å². The lowest BCUT2D eigenvalue weighted by molar-refractivity contribution is 0.795. The molecule has 0 radical (unpaired) electrons. The molecule has 1 aromatic heterocycles. The molecule has 66 valence electrons. The fourth-order valence-corrected chi connectivity index (χ4v) is 0.931. The Kier molecular flexibility index (Phi) is 2.75. The van der Waals surface area contributed by atoms with E-state index in [1.165, 1.54) is 0 Å². The maximum absolute atomic E-state index is 4.96. The fourth-order valence-electron chi connectivity index (χ4n) is 0.706. The van der Waals surface area contributed by atoms with Crippen molar-refractivity contribution in [2.75, 3.05) is 0 Å². The maximum atomic E-state index is 4.96. The molecular weight excluding hydrogens is 172 g/mol. The maximum Gasteiger partial charge on any atom is 0.216 e. The molecule has 0 spiro atoms. The molecule has 0 atom stereocenters. The van der Waals surface area contributed by atoms with Gasteiger partial charge in [-0.2, -0.15) is 14.9 Å². The van der Waals surface area contributed by atoms with Crippen molar-refractivity contribution in [1.29, 1.82) is 0 Å². The van der Waals surface area contributed by atoms with E-state index in [2.05, 4.69) is 29.1 Å². The number of aromatic nitrogens is 3. The highest BCUT2D eigenvalue weighted by Gasteiger charge is 1.96. The van der Waals surface area contributed by atoms with E-state index in [-0.39, 0.29) is 0 Å². The molecule has 5 heteroatoms. The molecule has 0 aromatic carbocycles. The van der Waals surface area contributed by atoms with Crippen molar-refractivity contribution in [3.8, 4) is 0 Å². The minimum Gasteiger partial charge on any atom is -0.250 e. The number of rotatable bonds is 2. The summed E-state index contributed by atoms with van der Waals surface area (Å²) < 4.78 is 2.14. The first kappa shape index (κ1) is 9.12. The molecule has 1 rings (SSSR count). The number of nitrogens with one attached hydrogen (secondary N) is 1. The minimum atomic E-state index is 0.418. The standard InChI is InChI=1S/C7H12N4S/c1-5(2)4-8-11-6(3)9-10-7(11)12/h4-5H,1-3H3,(H,10,12)/b8-4+. The van der Waals surface area contributed by atoms with Gasteiger partial charge in [0.1, 0.15) is 5.82 Å². The minimum absolute atomic E-state index is 0.418. The zero-order chi connectivity index (χ0) is 9.14. The fraction of sp³-hybridized carbons (Fsp3) is 0.571. The number of hydrogen-bond acceptors (Lipinski definition) is 3. The Labute approximate surface area is 76.3 Å². The number of aryl methyl sites for hydroxylation is 1. The van der Waals surface area contributed by atoms with Gasteiger partial charge in [-0.05, 0) is 25.1 Å². The molecule has 1 heterocycles. The molecule has 0 aliphatic carbocycles. The Balaban J connectivity index is 2.95. The van der Waals surface area contributed by atoms with Gasteiger partial charge < -0.3 is 0 Å². The Morgan fingerprint density at radius 2 is 2.33 bits per heavy atom. The van der Waals surface area contributed by atoms with Gasteiger partial charge >= 0.3 is 0 Å². The monoisotopic (exact) mass is 184 g/mol. The van der Waals surface area contributed by atoms with E-state index in [1.54, 1.807) is 4.68 Å². The van der Waals surface area contributed by atoms with Crippen LogP contribution in [0.25, 0.3) is 0 Å². The molecule has 1 N–H and O–H groups in total. The van der Waals surface area contributed by atoms with Gasteiger partial charge in [-0.25, -0.2) is 0 Å². The van der Waals surface area contributed by atoms with E-state index < -0.39 is 0 Å². The van der Waals surface area contributed by atoms with Gasteiger partial charge in [0.05, 0.1) is 0 Å². The third-order valence-corrected chi connectivity index (χ3v) is 1.56. The van der Waals surface area contributed by atoms with Crippen molar-refractivity contribution in [3.63, 3.8) is 0 Å². The van der Waals surface area contributed by atoms with Crippen molar-refractivity contribution in [3.05, 3.63) is 10.6 Å². The molecular formula is C7H12N4S. The molecule has 4 nitrogen and oxygen atoms in total. The number of hydrogen-bond donors (Lipinski definition) is 1. The third-order valence-electron chi connectivity index (χ3n) is 1.29.